The molecule has 0 aromatic rings. The van der Waals surface area contributed by atoms with Crippen molar-refractivity contribution in [3.05, 3.63) is 24.0 Å². The Morgan fingerprint density at radius 2 is 2.12 bits per heavy atom. The Hall–Kier alpha value is -0.345. The molecule has 0 unspecified atom stereocenters. The Morgan fingerprint density at radius 3 is 2.56 bits per heavy atom. The molecular formula is C10H12Li2N2O2. The largest absolute Gasteiger partial charge is 1.00 e. The first-order chi connectivity index (χ1) is 6.47. The second kappa shape index (κ2) is 7.85. The minimum atomic E-state index is -0.623. The summed E-state index contributed by atoms with van der Waals surface area (Å²) < 4.78 is 4.99. The van der Waals surface area contributed by atoms with Crippen LogP contribution in [0.25, 0.3) is 0 Å². The summed E-state index contributed by atoms with van der Waals surface area (Å²) >= 11 is 0. The van der Waals surface area contributed by atoms with E-state index in [-0.39, 0.29) is 37.7 Å². The van der Waals surface area contributed by atoms with E-state index in [9.17, 15) is 5.11 Å². The van der Waals surface area contributed by atoms with Gasteiger partial charge < -0.3 is 9.84 Å². The number of hydrogen-bond acceptors (Lipinski definition) is 4. The first-order valence-corrected chi connectivity index (χ1v) is 4.24. The summed E-state index contributed by atoms with van der Waals surface area (Å²) in [4.78, 5) is 7.47. The van der Waals surface area contributed by atoms with Crippen molar-refractivity contribution < 1.29 is 28.7 Å². The first kappa shape index (κ1) is 18.0. The Labute approximate surface area is 120 Å². The van der Waals surface area contributed by atoms with Gasteiger partial charge in [-0.25, -0.2) is 4.99 Å². The van der Waals surface area contributed by atoms with Crippen LogP contribution in [0.5, 0.6) is 0 Å². The first-order valence-electron chi connectivity index (χ1n) is 4.24. The molecule has 76 valence electrons. The summed E-state index contributed by atoms with van der Waals surface area (Å²) in [6, 6.07) is 0. The van der Waals surface area contributed by atoms with E-state index in [1.54, 1.807) is 33.1 Å². The fraction of sp³-hybridized carbons (Fsp3) is 0.400. The van der Waals surface area contributed by atoms with Crippen molar-refractivity contribution in [3.8, 4) is 0 Å². The van der Waals surface area contributed by atoms with Crippen LogP contribution in [0.4, 0.5) is 0 Å². The molecule has 1 rings (SSSR count). The zero-order chi connectivity index (χ0) is 10.6. The monoisotopic (exact) mass is 206 g/mol. The van der Waals surface area contributed by atoms with Gasteiger partial charge in [0.15, 0.2) is 6.08 Å². The van der Waals surface area contributed by atoms with Crippen LogP contribution in [-0.2, 0) is 4.74 Å². The molecule has 1 aliphatic rings. The molecule has 2 radical (unpaired) electrons. The predicted molar refractivity (Wildman–Crippen MR) is 58.4 cm³/mol. The van der Waals surface area contributed by atoms with Gasteiger partial charge >= 0.3 is 18.9 Å². The summed E-state index contributed by atoms with van der Waals surface area (Å²) in [5, 5.41) is 11.2. The molecule has 0 atom stereocenters. The molecule has 4 nitrogen and oxygen atoms in total. The third kappa shape index (κ3) is 7.88. The molecule has 0 fully saturated rings. The third-order valence-electron chi connectivity index (χ3n) is 1.19. The molecule has 0 saturated heterocycles. The third-order valence-corrected chi connectivity index (χ3v) is 1.19. The fourth-order valence-corrected chi connectivity index (χ4v) is 0.761. The van der Waals surface area contributed by atoms with E-state index in [4.69, 9.17) is 4.74 Å². The molecular weight excluding hydrogens is 194 g/mol. The number of ether oxygens (including phenoxy) is 1. The second-order valence-electron chi connectivity index (χ2n) is 3.72. The van der Waals surface area contributed by atoms with Crippen LogP contribution in [0.3, 0.4) is 0 Å². The van der Waals surface area contributed by atoms with Crippen molar-refractivity contribution in [1.82, 2.24) is 0 Å². The van der Waals surface area contributed by atoms with Gasteiger partial charge in [-0.2, -0.15) is 0 Å². The van der Waals surface area contributed by atoms with Crippen LogP contribution in [-0.4, -0.2) is 36.8 Å². The summed E-state index contributed by atoms with van der Waals surface area (Å²) in [7, 11) is 0. The van der Waals surface area contributed by atoms with Crippen molar-refractivity contribution in [1.29, 1.82) is 0 Å². The normalized spacial score (nSPS) is 14.7. The van der Waals surface area contributed by atoms with Gasteiger partial charge in [0.2, 0.25) is 0 Å². The van der Waals surface area contributed by atoms with Crippen LogP contribution in [0.2, 0.25) is 0 Å². The Morgan fingerprint density at radius 1 is 1.50 bits per heavy atom. The van der Waals surface area contributed by atoms with Gasteiger partial charge in [0.05, 0.1) is 0 Å². The molecule has 1 heterocycles. The Bertz CT molecular complexity index is 337. The van der Waals surface area contributed by atoms with Crippen molar-refractivity contribution in [2.45, 2.75) is 26.4 Å². The summed E-state index contributed by atoms with van der Waals surface area (Å²) in [6.45, 7) is 6.80. The molecule has 0 aromatic carbocycles. The summed E-state index contributed by atoms with van der Waals surface area (Å²) in [5.74, 6) is 0. The van der Waals surface area contributed by atoms with Crippen molar-refractivity contribution in [2.24, 2.45) is 9.98 Å². The minimum Gasteiger partial charge on any atom is -0.594 e. The van der Waals surface area contributed by atoms with Gasteiger partial charge in [0.25, 0.3) is 0 Å². The van der Waals surface area contributed by atoms with E-state index in [0.717, 1.165) is 0 Å². The van der Waals surface area contributed by atoms with E-state index < -0.39 is 11.7 Å². The van der Waals surface area contributed by atoms with Crippen molar-refractivity contribution in [3.63, 3.8) is 0 Å². The number of nitrogens with zero attached hydrogens (tertiary/aromatic N) is 2. The SMILES string of the molecule is CC(C)(C)OC([O-])=NC1=C=CC=N[CH]1.[Li+].[Li]. The summed E-state index contributed by atoms with van der Waals surface area (Å²) in [6.07, 6.45) is 2.53. The fourth-order valence-electron chi connectivity index (χ4n) is 0.761. The molecule has 0 aliphatic carbocycles. The second-order valence-corrected chi connectivity index (χ2v) is 3.72. The average Bonchev–Trinajstić information content (AvgIpc) is 2.02. The van der Waals surface area contributed by atoms with Gasteiger partial charge in [-0.05, 0) is 6.08 Å². The number of hydrogen-bond donors (Lipinski definition) is 0. The van der Waals surface area contributed by atoms with E-state index >= 15 is 0 Å². The maximum atomic E-state index is 11.2. The zero-order valence-electron chi connectivity index (χ0n) is 10.4. The van der Waals surface area contributed by atoms with Gasteiger partial charge in [0, 0.05) is 30.7 Å². The van der Waals surface area contributed by atoms with Crippen molar-refractivity contribution in [2.75, 3.05) is 0 Å². The quantitative estimate of drug-likeness (QED) is 0.205. The molecule has 0 amide bonds. The maximum absolute atomic E-state index is 11.2. The predicted octanol–water partition coefficient (Wildman–Crippen LogP) is -2.57. The molecule has 16 heavy (non-hydrogen) atoms. The van der Waals surface area contributed by atoms with Crippen LogP contribution in [0.15, 0.2) is 27.5 Å². The van der Waals surface area contributed by atoms with E-state index in [2.05, 4.69) is 15.7 Å². The molecule has 0 saturated carbocycles. The Balaban J connectivity index is 0. The molecule has 0 bridgehead atoms. The minimum absolute atomic E-state index is 0. The van der Waals surface area contributed by atoms with Gasteiger partial charge in [-0.15, -0.1) is 0 Å². The van der Waals surface area contributed by atoms with Crippen LogP contribution < -0.4 is 24.0 Å². The van der Waals surface area contributed by atoms with Gasteiger partial charge in [-0.3, -0.25) is 4.99 Å². The standard InChI is InChI=1S/C10H13N2O2.2Li/c1-10(2,3)14-9(13)12-8-5-4-6-11-7-8;;/h4,6-7H,1-3H3,(H,12,13);;/q;;+1/p-1. The molecule has 0 N–H and O–H groups in total. The van der Waals surface area contributed by atoms with Crippen LogP contribution >= 0.6 is 0 Å². The molecule has 1 aliphatic heterocycles. The summed E-state index contributed by atoms with van der Waals surface area (Å²) in [5.41, 5.74) is 2.61. The van der Waals surface area contributed by atoms with E-state index in [0.29, 0.717) is 5.70 Å². The average molecular weight is 206 g/mol. The van der Waals surface area contributed by atoms with Gasteiger partial charge in [0.1, 0.15) is 12.2 Å². The van der Waals surface area contributed by atoms with Crippen LogP contribution in [0, 0.1) is 6.54 Å². The maximum Gasteiger partial charge on any atom is 1.00 e. The van der Waals surface area contributed by atoms with Gasteiger partial charge in [-0.1, -0.05) is 26.5 Å². The van der Waals surface area contributed by atoms with E-state index in [1.165, 1.54) is 6.54 Å². The Kier molecular flexibility index (Phi) is 8.85. The topological polar surface area (TPSA) is 57.0 Å². The van der Waals surface area contributed by atoms with Crippen molar-refractivity contribution >= 4 is 31.2 Å². The van der Waals surface area contributed by atoms with Crippen LogP contribution in [0.1, 0.15) is 20.8 Å². The smallest absolute Gasteiger partial charge is 0.594 e. The number of aliphatic imine (C=N–C) groups is 2. The van der Waals surface area contributed by atoms with E-state index in [1.807, 2.05) is 0 Å². The molecule has 0 aromatic heterocycles. The molecule has 0 spiro atoms. The number of rotatable bonds is 1. The molecule has 6 heteroatoms. The zero-order valence-corrected chi connectivity index (χ0v) is 10.4.